The van der Waals surface area contributed by atoms with Gasteiger partial charge in [-0.15, -0.1) is 4.67 Å². The number of aromatic nitrogens is 2. The number of nitriles is 1. The Bertz CT molecular complexity index is 2210. The smallest absolute Gasteiger partial charge is 0.351 e. The summed E-state index contributed by atoms with van der Waals surface area (Å²) < 4.78 is 35.2. The summed E-state index contributed by atoms with van der Waals surface area (Å²) in [6, 6.07) is 37.3. The van der Waals surface area contributed by atoms with Gasteiger partial charge in [0.05, 0.1) is 33.3 Å². The molecule has 2 heterocycles. The molecule has 1 saturated heterocycles. The standard InChI is InChI=1S/C46H52N5O8P/c1-32(2)51(33(3)4)60(54,29-13-27-47)59-40-30-43(50-28-26-42(49-45(50)53)48-44(52)34-14-9-7-10-15-34)58-41(40)31-57-46(35-16-11-8-12-17-35,36-18-22-38(55-5)23-19-36)37-20-24-39(56-6)25-21-37/h7-12,14-26,28,32-33,40-41,43,54H,13,29-31H2,1-6H3/p+1/t40-,41+,43+,60?/m0/s1. The van der Waals surface area contributed by atoms with Crippen molar-refractivity contribution in [2.45, 2.75) is 76.7 Å². The first-order valence-corrected chi connectivity index (χ1v) is 21.8. The van der Waals surface area contributed by atoms with Crippen molar-refractivity contribution in [3.63, 3.8) is 0 Å². The zero-order valence-corrected chi connectivity index (χ0v) is 35.7. The van der Waals surface area contributed by atoms with Crippen molar-refractivity contribution in [2.75, 3.05) is 32.3 Å². The summed E-state index contributed by atoms with van der Waals surface area (Å²) in [7, 11) is -0.210. The first kappa shape index (κ1) is 44.1. The fraction of sp³-hybridized carbons (Fsp3) is 0.348. The number of carbonyl (C=O) groups excluding carboxylic acids is 1. The van der Waals surface area contributed by atoms with Gasteiger partial charge in [-0.1, -0.05) is 72.8 Å². The van der Waals surface area contributed by atoms with E-state index >= 15 is 0 Å². The predicted octanol–water partition coefficient (Wildman–Crippen LogP) is 7.98. The van der Waals surface area contributed by atoms with Crippen LogP contribution in [0, 0.1) is 11.3 Å². The van der Waals surface area contributed by atoms with Gasteiger partial charge in [0.2, 0.25) is 0 Å². The van der Waals surface area contributed by atoms with Crippen LogP contribution in [0.1, 0.15) is 73.8 Å². The minimum atomic E-state index is -3.44. The van der Waals surface area contributed by atoms with Crippen LogP contribution in [0.2, 0.25) is 0 Å². The second kappa shape index (κ2) is 19.7. The Morgan fingerprint density at radius 2 is 1.45 bits per heavy atom. The van der Waals surface area contributed by atoms with Gasteiger partial charge in [-0.25, -0.2) is 9.69 Å². The summed E-state index contributed by atoms with van der Waals surface area (Å²) >= 11 is 0. The number of rotatable bonds is 18. The van der Waals surface area contributed by atoms with Crippen LogP contribution in [0.15, 0.2) is 126 Å². The quantitative estimate of drug-likeness (QED) is 0.0652. The van der Waals surface area contributed by atoms with Gasteiger partial charge in [-0.2, -0.15) is 14.8 Å². The number of nitrogens with zero attached hydrogens (tertiary/aromatic N) is 4. The lowest BCUT2D eigenvalue weighted by molar-refractivity contribution is -0.0928. The van der Waals surface area contributed by atoms with Crippen molar-refractivity contribution in [3.8, 4) is 17.6 Å². The zero-order chi connectivity index (χ0) is 42.9. The number of ether oxygens (including phenoxy) is 4. The predicted molar refractivity (Wildman–Crippen MR) is 231 cm³/mol. The van der Waals surface area contributed by atoms with Gasteiger partial charge in [0.1, 0.15) is 47.5 Å². The largest absolute Gasteiger partial charge is 0.497 e. The highest BCUT2D eigenvalue weighted by molar-refractivity contribution is 7.63. The Hall–Kier alpha value is -5.45. The molecule has 1 amide bonds. The maximum absolute atomic E-state index is 13.7. The second-order valence-corrected chi connectivity index (χ2v) is 17.5. The lowest BCUT2D eigenvalue weighted by Crippen LogP contribution is -2.42. The molecule has 4 atom stereocenters. The summed E-state index contributed by atoms with van der Waals surface area (Å²) in [6.07, 6.45) is -0.651. The highest BCUT2D eigenvalue weighted by atomic mass is 31.2. The number of amides is 1. The van der Waals surface area contributed by atoms with Gasteiger partial charge in [-0.05, 0) is 86.8 Å². The molecule has 0 spiro atoms. The first-order valence-electron chi connectivity index (χ1n) is 20.0. The average molecular weight is 835 g/mol. The minimum Gasteiger partial charge on any atom is -0.497 e. The van der Waals surface area contributed by atoms with Gasteiger partial charge in [0.15, 0.2) is 0 Å². The molecule has 0 radical (unpaired) electrons. The number of hydrogen-bond donors (Lipinski definition) is 2. The van der Waals surface area contributed by atoms with Gasteiger partial charge in [0, 0.05) is 30.3 Å². The molecule has 1 aromatic heterocycles. The van der Waals surface area contributed by atoms with E-state index in [2.05, 4.69) is 16.4 Å². The number of hydrogen-bond acceptors (Lipinski definition) is 11. The van der Waals surface area contributed by atoms with Crippen LogP contribution in [0.25, 0.3) is 0 Å². The van der Waals surface area contributed by atoms with Crippen LogP contribution in [-0.2, 0) is 19.6 Å². The molecule has 2 N–H and O–H groups in total. The topological polar surface area (TPSA) is 157 Å². The molecule has 0 bridgehead atoms. The van der Waals surface area contributed by atoms with E-state index in [0.717, 1.165) is 16.7 Å². The zero-order valence-electron chi connectivity index (χ0n) is 34.8. The van der Waals surface area contributed by atoms with Gasteiger partial charge in [-0.3, -0.25) is 9.36 Å². The molecule has 14 heteroatoms. The van der Waals surface area contributed by atoms with E-state index in [1.807, 2.05) is 117 Å². The van der Waals surface area contributed by atoms with E-state index in [1.165, 1.54) is 16.8 Å². The van der Waals surface area contributed by atoms with Gasteiger partial charge >= 0.3 is 13.6 Å². The Balaban J connectivity index is 1.41. The number of carbonyl (C=O) groups is 1. The molecule has 1 fully saturated rings. The van der Waals surface area contributed by atoms with Crippen molar-refractivity contribution in [1.29, 1.82) is 5.26 Å². The lowest BCUT2D eigenvalue weighted by atomic mass is 9.80. The summed E-state index contributed by atoms with van der Waals surface area (Å²) in [5.41, 5.74) is 1.03. The van der Waals surface area contributed by atoms with Crippen molar-refractivity contribution in [3.05, 3.63) is 154 Å². The number of anilines is 1. The maximum atomic E-state index is 13.7. The van der Waals surface area contributed by atoms with Crippen molar-refractivity contribution < 1.29 is 33.2 Å². The SMILES string of the molecule is COc1ccc(C(OC[C@H]2O[C@@H](n3ccc(NC(=O)c4ccccc4)nc3=O)C[C@@H]2O[P+](O)(CCC#N)N(C(C)C)C(C)C)(c2ccccc2)c2ccc(OC)cc2)cc1. The fourth-order valence-electron chi connectivity index (χ4n) is 7.85. The van der Waals surface area contributed by atoms with Crippen molar-refractivity contribution >= 4 is 19.6 Å². The summed E-state index contributed by atoms with van der Waals surface area (Å²) in [6.45, 7) is 7.88. The Morgan fingerprint density at radius 1 is 0.900 bits per heavy atom. The summed E-state index contributed by atoms with van der Waals surface area (Å²) in [4.78, 5) is 43.3. The average Bonchev–Trinajstić information content (AvgIpc) is 3.65. The van der Waals surface area contributed by atoms with E-state index in [4.69, 9.17) is 23.5 Å². The van der Waals surface area contributed by atoms with Crippen LogP contribution in [-0.4, -0.2) is 76.3 Å². The summed E-state index contributed by atoms with van der Waals surface area (Å²) in [5.74, 6) is 1.04. The Labute approximate surface area is 352 Å². The minimum absolute atomic E-state index is 0.0525. The highest BCUT2D eigenvalue weighted by Crippen LogP contribution is 2.63. The molecular weight excluding hydrogens is 782 g/mol. The highest BCUT2D eigenvalue weighted by Gasteiger charge is 2.54. The number of nitrogens with one attached hydrogen (secondary N) is 1. The van der Waals surface area contributed by atoms with E-state index in [1.54, 1.807) is 38.5 Å². The third-order valence-electron chi connectivity index (χ3n) is 10.5. The van der Waals surface area contributed by atoms with Crippen molar-refractivity contribution in [1.82, 2.24) is 14.2 Å². The molecule has 1 aliphatic heterocycles. The van der Waals surface area contributed by atoms with Crippen LogP contribution < -0.4 is 20.5 Å². The first-order chi connectivity index (χ1) is 28.9. The molecule has 0 saturated carbocycles. The molecule has 1 aliphatic rings. The molecule has 4 aromatic carbocycles. The molecule has 314 valence electrons. The normalized spacial score (nSPS) is 17.6. The monoisotopic (exact) mass is 834 g/mol. The lowest BCUT2D eigenvalue weighted by Gasteiger charge is -2.38. The van der Waals surface area contributed by atoms with Crippen LogP contribution in [0.4, 0.5) is 5.82 Å². The van der Waals surface area contributed by atoms with E-state index in [9.17, 15) is 19.7 Å². The molecule has 5 aromatic rings. The van der Waals surface area contributed by atoms with E-state index in [-0.39, 0.29) is 43.5 Å². The summed E-state index contributed by atoms with van der Waals surface area (Å²) in [5, 5.41) is 12.4. The number of benzene rings is 4. The van der Waals surface area contributed by atoms with Crippen molar-refractivity contribution in [2.24, 2.45) is 0 Å². The Kier molecular flexibility index (Phi) is 14.5. The van der Waals surface area contributed by atoms with E-state index in [0.29, 0.717) is 17.1 Å². The Morgan fingerprint density at radius 3 is 1.97 bits per heavy atom. The second-order valence-electron chi connectivity index (χ2n) is 15.0. The van der Waals surface area contributed by atoms with Gasteiger partial charge in [0.25, 0.3) is 5.91 Å². The maximum Gasteiger partial charge on any atom is 0.351 e. The molecule has 6 rings (SSSR count). The van der Waals surface area contributed by atoms with Gasteiger partial charge < -0.3 is 24.3 Å². The van der Waals surface area contributed by atoms with Crippen LogP contribution >= 0.6 is 7.87 Å². The molecule has 13 nitrogen and oxygen atoms in total. The van der Waals surface area contributed by atoms with E-state index < -0.39 is 43.5 Å². The van der Waals surface area contributed by atoms with Crippen LogP contribution in [0.5, 0.6) is 11.5 Å². The fourth-order valence-corrected chi connectivity index (χ4v) is 10.8. The third-order valence-corrected chi connectivity index (χ3v) is 13.5. The molecule has 0 aliphatic carbocycles. The number of methoxy groups -OCH3 is 2. The molecular formula is C46H53N5O8P+. The van der Waals surface area contributed by atoms with Crippen LogP contribution in [0.3, 0.4) is 0 Å². The molecule has 1 unspecified atom stereocenters. The third kappa shape index (κ3) is 9.77. The molecule has 60 heavy (non-hydrogen) atoms.